The van der Waals surface area contributed by atoms with Gasteiger partial charge in [0.15, 0.2) is 0 Å². The minimum atomic E-state index is -0.275. The van der Waals surface area contributed by atoms with E-state index < -0.39 is 0 Å². The Morgan fingerprint density at radius 1 is 1.44 bits per heavy atom. The summed E-state index contributed by atoms with van der Waals surface area (Å²) in [6.07, 6.45) is 2.22. The van der Waals surface area contributed by atoms with E-state index >= 15 is 0 Å². The molecule has 0 saturated carbocycles. The zero-order chi connectivity index (χ0) is 11.0. The fourth-order valence-corrected chi connectivity index (χ4v) is 2.43. The van der Waals surface area contributed by atoms with Gasteiger partial charge in [-0.2, -0.15) is 0 Å². The molecule has 1 N–H and O–H groups in total. The van der Waals surface area contributed by atoms with Crippen molar-refractivity contribution in [2.75, 3.05) is 19.8 Å². The first kappa shape index (κ1) is 10.2. The number of aliphatic hydroxyl groups is 1. The van der Waals surface area contributed by atoms with Crippen molar-refractivity contribution in [3.05, 3.63) is 12.2 Å². The van der Waals surface area contributed by atoms with Crippen LogP contribution in [-0.2, 0) is 17.8 Å². The molecule has 0 spiro atoms. The van der Waals surface area contributed by atoms with Gasteiger partial charge in [0.05, 0.1) is 25.3 Å². The van der Waals surface area contributed by atoms with Crippen LogP contribution in [0.2, 0.25) is 0 Å². The first-order valence-corrected chi connectivity index (χ1v) is 5.71. The molecule has 88 valence electrons. The normalized spacial score (nSPS) is 31.3. The van der Waals surface area contributed by atoms with Crippen LogP contribution in [0.25, 0.3) is 0 Å². The molecule has 0 radical (unpaired) electrons. The van der Waals surface area contributed by atoms with E-state index in [9.17, 15) is 5.11 Å². The number of aromatic nitrogens is 3. The van der Waals surface area contributed by atoms with Gasteiger partial charge in [-0.3, -0.25) is 4.90 Å². The van der Waals surface area contributed by atoms with Gasteiger partial charge in [-0.1, -0.05) is 0 Å². The van der Waals surface area contributed by atoms with E-state index in [-0.39, 0.29) is 12.1 Å². The predicted octanol–water partition coefficient (Wildman–Crippen LogP) is -0.756. The second-order valence-electron chi connectivity index (χ2n) is 4.41. The third-order valence-corrected chi connectivity index (χ3v) is 3.43. The Kier molecular flexibility index (Phi) is 2.62. The summed E-state index contributed by atoms with van der Waals surface area (Å²) < 4.78 is 7.49. The number of ether oxygens (including phenoxy) is 1. The highest BCUT2D eigenvalue weighted by molar-refractivity contribution is 4.93. The molecule has 1 fully saturated rings. The quantitative estimate of drug-likeness (QED) is 0.679. The SMILES string of the molecule is OC1CCOCC1N1CCn2cnnc2C1. The lowest BCUT2D eigenvalue weighted by atomic mass is 10.0. The van der Waals surface area contributed by atoms with Crippen LogP contribution >= 0.6 is 0 Å². The molecule has 1 saturated heterocycles. The van der Waals surface area contributed by atoms with Gasteiger partial charge in [0.25, 0.3) is 0 Å². The molecule has 3 rings (SSSR count). The van der Waals surface area contributed by atoms with Crippen molar-refractivity contribution in [2.24, 2.45) is 0 Å². The lowest BCUT2D eigenvalue weighted by Gasteiger charge is -2.39. The number of hydrogen-bond donors (Lipinski definition) is 1. The maximum atomic E-state index is 9.96. The summed E-state index contributed by atoms with van der Waals surface area (Å²) in [5.74, 6) is 0.976. The van der Waals surface area contributed by atoms with Gasteiger partial charge in [0.2, 0.25) is 0 Å². The van der Waals surface area contributed by atoms with Crippen LogP contribution in [0.1, 0.15) is 12.2 Å². The van der Waals surface area contributed by atoms with Crippen molar-refractivity contribution < 1.29 is 9.84 Å². The molecule has 2 atom stereocenters. The van der Waals surface area contributed by atoms with Crippen LogP contribution in [0, 0.1) is 0 Å². The highest BCUT2D eigenvalue weighted by atomic mass is 16.5. The topological polar surface area (TPSA) is 63.4 Å². The van der Waals surface area contributed by atoms with Gasteiger partial charge in [-0.05, 0) is 6.42 Å². The molecule has 16 heavy (non-hydrogen) atoms. The molecule has 6 nitrogen and oxygen atoms in total. The van der Waals surface area contributed by atoms with Crippen LogP contribution in [0.4, 0.5) is 0 Å². The van der Waals surface area contributed by atoms with Crippen molar-refractivity contribution in [2.45, 2.75) is 31.7 Å². The van der Waals surface area contributed by atoms with Gasteiger partial charge >= 0.3 is 0 Å². The second kappa shape index (κ2) is 4.12. The maximum Gasteiger partial charge on any atom is 0.147 e. The lowest BCUT2D eigenvalue weighted by Crippen LogP contribution is -2.52. The minimum absolute atomic E-state index is 0.110. The number of rotatable bonds is 1. The summed E-state index contributed by atoms with van der Waals surface area (Å²) in [6.45, 7) is 3.86. The van der Waals surface area contributed by atoms with Crippen LogP contribution in [-0.4, -0.2) is 56.7 Å². The van der Waals surface area contributed by atoms with E-state index in [1.807, 2.05) is 0 Å². The standard InChI is InChI=1S/C10H16N4O2/c15-9-1-4-16-6-8(9)13-2-3-14-7-11-12-10(14)5-13/h7-9,15H,1-6H2. The van der Waals surface area contributed by atoms with Crippen LogP contribution in [0.5, 0.6) is 0 Å². The number of hydrogen-bond acceptors (Lipinski definition) is 5. The molecular weight excluding hydrogens is 208 g/mol. The van der Waals surface area contributed by atoms with Crippen molar-refractivity contribution in [3.63, 3.8) is 0 Å². The summed E-state index contributed by atoms with van der Waals surface area (Å²) in [6, 6.07) is 0.110. The molecule has 2 aliphatic heterocycles. The van der Waals surface area contributed by atoms with Crippen molar-refractivity contribution >= 4 is 0 Å². The zero-order valence-corrected chi connectivity index (χ0v) is 9.12. The molecule has 6 heteroatoms. The second-order valence-corrected chi connectivity index (χ2v) is 4.41. The largest absolute Gasteiger partial charge is 0.391 e. The van der Waals surface area contributed by atoms with Crippen molar-refractivity contribution in [1.82, 2.24) is 19.7 Å². The van der Waals surface area contributed by atoms with E-state index in [4.69, 9.17) is 4.74 Å². The van der Waals surface area contributed by atoms with E-state index in [2.05, 4.69) is 19.7 Å². The van der Waals surface area contributed by atoms with Gasteiger partial charge in [-0.15, -0.1) is 10.2 Å². The number of aliphatic hydroxyl groups excluding tert-OH is 1. The number of nitrogens with zero attached hydrogens (tertiary/aromatic N) is 4. The smallest absolute Gasteiger partial charge is 0.147 e. The maximum absolute atomic E-state index is 9.96. The fourth-order valence-electron chi connectivity index (χ4n) is 2.43. The Balaban J connectivity index is 1.72. The monoisotopic (exact) mass is 224 g/mol. The van der Waals surface area contributed by atoms with Gasteiger partial charge in [0, 0.05) is 19.7 Å². The number of fused-ring (bicyclic) bond motifs is 1. The van der Waals surface area contributed by atoms with Crippen LogP contribution in [0.3, 0.4) is 0 Å². The molecule has 3 heterocycles. The zero-order valence-electron chi connectivity index (χ0n) is 9.12. The third kappa shape index (κ3) is 1.73. The van der Waals surface area contributed by atoms with Crippen molar-refractivity contribution in [1.29, 1.82) is 0 Å². The summed E-state index contributed by atoms with van der Waals surface area (Å²) in [4.78, 5) is 2.24. The van der Waals surface area contributed by atoms with E-state index in [0.717, 1.165) is 31.9 Å². The van der Waals surface area contributed by atoms with Gasteiger partial charge in [0.1, 0.15) is 12.2 Å². The van der Waals surface area contributed by atoms with E-state index in [1.165, 1.54) is 0 Å². The lowest BCUT2D eigenvalue weighted by molar-refractivity contribution is -0.0685. The molecule has 0 aliphatic carbocycles. The first-order valence-electron chi connectivity index (χ1n) is 5.71. The molecule has 2 unspecified atom stereocenters. The average molecular weight is 224 g/mol. The highest BCUT2D eigenvalue weighted by Gasteiger charge is 2.31. The summed E-state index contributed by atoms with van der Waals surface area (Å²) in [7, 11) is 0. The Labute approximate surface area is 93.8 Å². The van der Waals surface area contributed by atoms with Crippen LogP contribution < -0.4 is 0 Å². The predicted molar refractivity (Wildman–Crippen MR) is 55.7 cm³/mol. The Bertz CT molecular complexity index is 367. The Morgan fingerprint density at radius 3 is 3.25 bits per heavy atom. The summed E-state index contributed by atoms with van der Waals surface area (Å²) in [5, 5.41) is 17.9. The molecule has 1 aromatic rings. The Hall–Kier alpha value is -0.980. The summed E-state index contributed by atoms with van der Waals surface area (Å²) >= 11 is 0. The molecule has 0 bridgehead atoms. The minimum Gasteiger partial charge on any atom is -0.391 e. The Morgan fingerprint density at radius 2 is 2.38 bits per heavy atom. The van der Waals surface area contributed by atoms with Crippen molar-refractivity contribution in [3.8, 4) is 0 Å². The molecule has 1 aromatic heterocycles. The van der Waals surface area contributed by atoms with E-state index in [0.29, 0.717) is 13.2 Å². The van der Waals surface area contributed by atoms with E-state index in [1.54, 1.807) is 6.33 Å². The van der Waals surface area contributed by atoms with Crippen LogP contribution in [0.15, 0.2) is 6.33 Å². The third-order valence-electron chi connectivity index (χ3n) is 3.43. The van der Waals surface area contributed by atoms with Gasteiger partial charge in [-0.25, -0.2) is 0 Å². The van der Waals surface area contributed by atoms with Gasteiger partial charge < -0.3 is 14.4 Å². The average Bonchev–Trinajstić information content (AvgIpc) is 2.76. The first-order chi connectivity index (χ1) is 7.84. The molecule has 0 amide bonds. The summed E-state index contributed by atoms with van der Waals surface area (Å²) in [5.41, 5.74) is 0. The fraction of sp³-hybridized carbons (Fsp3) is 0.800. The molecule has 2 aliphatic rings. The molecule has 0 aromatic carbocycles. The highest BCUT2D eigenvalue weighted by Crippen LogP contribution is 2.19. The molecular formula is C10H16N4O2.